The van der Waals surface area contributed by atoms with Crippen molar-refractivity contribution in [1.82, 2.24) is 0 Å². The number of fused-ring (bicyclic) bond motifs is 1. The molecule has 1 aromatic carbocycles. The van der Waals surface area contributed by atoms with Crippen LogP contribution in [0.2, 0.25) is 0 Å². The van der Waals surface area contributed by atoms with E-state index in [1.807, 2.05) is 18.2 Å². The third-order valence-electron chi connectivity index (χ3n) is 3.13. The van der Waals surface area contributed by atoms with E-state index in [-0.39, 0.29) is 11.3 Å². The smallest absolute Gasteiger partial charge is 0.224 e. The summed E-state index contributed by atoms with van der Waals surface area (Å²) in [6, 6.07) is 5.71. The molecule has 1 heterocycles. The van der Waals surface area contributed by atoms with Crippen LogP contribution in [0, 0.1) is 0 Å². The molecule has 0 fully saturated rings. The van der Waals surface area contributed by atoms with Crippen LogP contribution in [0.3, 0.4) is 0 Å². The Labute approximate surface area is 124 Å². The van der Waals surface area contributed by atoms with Crippen molar-refractivity contribution in [3.8, 4) is 5.75 Å². The number of rotatable bonds is 6. The highest BCUT2D eigenvalue weighted by atomic mass is 32.1. The van der Waals surface area contributed by atoms with E-state index < -0.39 is 0 Å². The third kappa shape index (κ3) is 4.16. The van der Waals surface area contributed by atoms with E-state index in [4.69, 9.17) is 10.6 Å². The molecule has 1 amide bonds. The van der Waals surface area contributed by atoms with Crippen molar-refractivity contribution < 1.29 is 9.53 Å². The lowest BCUT2D eigenvalue weighted by Crippen LogP contribution is -2.19. The standard InChI is InChI=1S/C14H19N3O2S/c15-16-8-2-1-3-14(20)19-11-5-6-12-10(9-11)4-7-13(18)17-12/h5-6,8-9,14,20H,1-4,7,15H2,(H,17,18)/b16-8-. The minimum absolute atomic E-state index is 0.0693. The summed E-state index contributed by atoms with van der Waals surface area (Å²) in [5.74, 6) is 5.89. The molecule has 0 aliphatic carbocycles. The van der Waals surface area contributed by atoms with Gasteiger partial charge in [0.15, 0.2) is 0 Å². The summed E-state index contributed by atoms with van der Waals surface area (Å²) in [6.45, 7) is 0. The van der Waals surface area contributed by atoms with Gasteiger partial charge < -0.3 is 15.9 Å². The maximum absolute atomic E-state index is 11.3. The summed E-state index contributed by atoms with van der Waals surface area (Å²) in [5, 5.41) is 6.29. The lowest BCUT2D eigenvalue weighted by atomic mass is 10.0. The van der Waals surface area contributed by atoms with Crippen LogP contribution >= 0.6 is 12.6 Å². The van der Waals surface area contributed by atoms with E-state index in [1.54, 1.807) is 6.21 Å². The van der Waals surface area contributed by atoms with Crippen LogP contribution in [0.25, 0.3) is 0 Å². The summed E-state index contributed by atoms with van der Waals surface area (Å²) in [7, 11) is 0. The molecular formula is C14H19N3O2S. The minimum Gasteiger partial charge on any atom is -0.480 e. The highest BCUT2D eigenvalue weighted by Gasteiger charge is 2.15. The van der Waals surface area contributed by atoms with Gasteiger partial charge in [-0.1, -0.05) is 0 Å². The topological polar surface area (TPSA) is 76.7 Å². The van der Waals surface area contributed by atoms with Gasteiger partial charge in [0.2, 0.25) is 5.91 Å². The second kappa shape index (κ2) is 7.19. The van der Waals surface area contributed by atoms with E-state index in [0.29, 0.717) is 6.42 Å². The second-order valence-corrected chi connectivity index (χ2v) is 5.28. The van der Waals surface area contributed by atoms with E-state index in [1.165, 1.54) is 0 Å². The Hall–Kier alpha value is -1.69. The van der Waals surface area contributed by atoms with Crippen LogP contribution < -0.4 is 15.9 Å². The van der Waals surface area contributed by atoms with Crippen LogP contribution in [0.1, 0.15) is 31.2 Å². The van der Waals surface area contributed by atoms with Crippen molar-refractivity contribution in [2.75, 3.05) is 5.32 Å². The minimum atomic E-state index is -0.155. The van der Waals surface area contributed by atoms with E-state index in [9.17, 15) is 4.79 Å². The van der Waals surface area contributed by atoms with Crippen molar-refractivity contribution in [1.29, 1.82) is 0 Å². The fraction of sp³-hybridized carbons (Fsp3) is 0.429. The molecule has 108 valence electrons. The lowest BCUT2D eigenvalue weighted by Gasteiger charge is -2.19. The number of nitrogens with two attached hydrogens (primary N) is 1. The molecule has 1 aromatic rings. The molecule has 20 heavy (non-hydrogen) atoms. The predicted molar refractivity (Wildman–Crippen MR) is 83.3 cm³/mol. The van der Waals surface area contributed by atoms with Gasteiger partial charge in [-0.15, -0.1) is 12.6 Å². The van der Waals surface area contributed by atoms with Crippen molar-refractivity contribution in [2.45, 2.75) is 37.5 Å². The van der Waals surface area contributed by atoms with Gasteiger partial charge in [-0.3, -0.25) is 4.79 Å². The summed E-state index contributed by atoms with van der Waals surface area (Å²) >= 11 is 4.42. The summed E-state index contributed by atoms with van der Waals surface area (Å²) < 4.78 is 5.76. The third-order valence-corrected chi connectivity index (χ3v) is 3.50. The number of hydrogen-bond donors (Lipinski definition) is 3. The molecule has 0 spiro atoms. The summed E-state index contributed by atoms with van der Waals surface area (Å²) in [4.78, 5) is 11.3. The summed E-state index contributed by atoms with van der Waals surface area (Å²) in [6.07, 6.45) is 5.54. The first kappa shape index (κ1) is 14.7. The molecule has 1 unspecified atom stereocenters. The summed E-state index contributed by atoms with van der Waals surface area (Å²) in [5.41, 5.74) is 1.83. The second-order valence-electron chi connectivity index (χ2n) is 4.70. The fourth-order valence-electron chi connectivity index (χ4n) is 2.11. The van der Waals surface area contributed by atoms with Crippen LogP contribution in [0.4, 0.5) is 5.69 Å². The van der Waals surface area contributed by atoms with Gasteiger partial charge in [0.25, 0.3) is 0 Å². The number of nitrogens with zero attached hydrogens (tertiary/aromatic N) is 1. The Kier molecular flexibility index (Phi) is 5.29. The van der Waals surface area contributed by atoms with Crippen LogP contribution in [0.15, 0.2) is 23.3 Å². The monoisotopic (exact) mass is 293 g/mol. The Balaban J connectivity index is 1.88. The van der Waals surface area contributed by atoms with Crippen LogP contribution in [-0.2, 0) is 11.2 Å². The molecule has 1 aliphatic rings. The van der Waals surface area contributed by atoms with Gasteiger partial charge in [-0.25, -0.2) is 0 Å². The number of benzene rings is 1. The molecule has 6 heteroatoms. The maximum Gasteiger partial charge on any atom is 0.224 e. The van der Waals surface area contributed by atoms with Crippen LogP contribution in [0.5, 0.6) is 5.75 Å². The zero-order chi connectivity index (χ0) is 14.4. The van der Waals surface area contributed by atoms with E-state index >= 15 is 0 Å². The molecule has 0 saturated heterocycles. The molecule has 0 bridgehead atoms. The van der Waals surface area contributed by atoms with Gasteiger partial charge in [-0.05, 0) is 49.4 Å². The van der Waals surface area contributed by atoms with Gasteiger partial charge >= 0.3 is 0 Å². The average molecular weight is 293 g/mol. The van der Waals surface area contributed by atoms with Crippen molar-refractivity contribution >= 4 is 30.4 Å². The predicted octanol–water partition coefficient (Wildman–Crippen LogP) is 2.32. The molecule has 1 atom stereocenters. The highest BCUT2D eigenvalue weighted by Crippen LogP contribution is 2.28. The first-order valence-corrected chi connectivity index (χ1v) is 7.20. The number of thiol groups is 1. The highest BCUT2D eigenvalue weighted by molar-refractivity contribution is 7.80. The number of hydrogen-bond acceptors (Lipinski definition) is 5. The molecule has 0 saturated carbocycles. The lowest BCUT2D eigenvalue weighted by molar-refractivity contribution is -0.116. The van der Waals surface area contributed by atoms with Gasteiger partial charge in [0.1, 0.15) is 11.2 Å². The number of ether oxygens (including phenoxy) is 1. The first-order chi connectivity index (χ1) is 9.69. The molecule has 3 N–H and O–H groups in total. The number of anilines is 1. The fourth-order valence-corrected chi connectivity index (χ4v) is 2.41. The van der Waals surface area contributed by atoms with Gasteiger partial charge in [0.05, 0.1) is 0 Å². The van der Waals surface area contributed by atoms with Crippen LogP contribution in [-0.4, -0.2) is 17.6 Å². The Morgan fingerprint density at radius 2 is 2.35 bits per heavy atom. The Morgan fingerprint density at radius 1 is 1.50 bits per heavy atom. The zero-order valence-corrected chi connectivity index (χ0v) is 12.1. The van der Waals surface area contributed by atoms with E-state index in [2.05, 4.69) is 23.0 Å². The quantitative estimate of drug-likeness (QED) is 0.188. The number of amides is 1. The number of aryl methyl sites for hydroxylation is 1. The number of carbonyl (C=O) groups is 1. The Morgan fingerprint density at radius 3 is 3.15 bits per heavy atom. The molecule has 1 aliphatic heterocycles. The molecular weight excluding hydrogens is 274 g/mol. The SMILES string of the molecule is N/N=C\CCCC(S)Oc1ccc2c(c1)CCC(=O)N2. The molecule has 5 nitrogen and oxygen atoms in total. The zero-order valence-electron chi connectivity index (χ0n) is 11.2. The largest absolute Gasteiger partial charge is 0.480 e. The molecule has 2 rings (SSSR count). The average Bonchev–Trinajstić information content (AvgIpc) is 2.44. The first-order valence-electron chi connectivity index (χ1n) is 6.68. The number of nitrogens with one attached hydrogen (secondary N) is 1. The number of carbonyl (C=O) groups excluding carboxylic acids is 1. The number of unbranched alkanes of at least 4 members (excludes halogenated alkanes) is 1. The molecule has 0 radical (unpaired) electrons. The van der Waals surface area contributed by atoms with Crippen molar-refractivity contribution in [3.05, 3.63) is 23.8 Å². The number of hydrazone groups is 1. The maximum atomic E-state index is 11.3. The normalized spacial score (nSPS) is 15.8. The Bertz CT molecular complexity index is 505. The molecule has 0 aromatic heterocycles. The van der Waals surface area contributed by atoms with Crippen molar-refractivity contribution in [3.63, 3.8) is 0 Å². The van der Waals surface area contributed by atoms with Crippen molar-refractivity contribution in [2.24, 2.45) is 10.9 Å². The van der Waals surface area contributed by atoms with Gasteiger partial charge in [-0.2, -0.15) is 5.10 Å². The van der Waals surface area contributed by atoms with Gasteiger partial charge in [0, 0.05) is 18.3 Å². The van der Waals surface area contributed by atoms with E-state index in [0.717, 1.165) is 42.7 Å².